The lowest BCUT2D eigenvalue weighted by Crippen LogP contribution is -2.14. The van der Waals surface area contributed by atoms with Crippen molar-refractivity contribution in [1.29, 1.82) is 0 Å². The van der Waals surface area contributed by atoms with Gasteiger partial charge in [0, 0.05) is 12.6 Å². The number of nitrogens with zero attached hydrogens (tertiary/aromatic N) is 1. The molecule has 0 spiro atoms. The molecule has 5 heteroatoms. The number of aromatic nitrogens is 1. The molecule has 0 radical (unpaired) electrons. The van der Waals surface area contributed by atoms with Crippen molar-refractivity contribution in [3.05, 3.63) is 76.3 Å². The van der Waals surface area contributed by atoms with Gasteiger partial charge < -0.3 is 9.52 Å². The van der Waals surface area contributed by atoms with Gasteiger partial charge in [0.05, 0.1) is 5.52 Å². The Hall–Kier alpha value is -3.08. The van der Waals surface area contributed by atoms with E-state index >= 15 is 0 Å². The largest absolute Gasteiger partial charge is 0.478 e. The van der Waals surface area contributed by atoms with Crippen LogP contribution in [0.5, 0.6) is 0 Å². The van der Waals surface area contributed by atoms with Crippen LogP contribution in [0.1, 0.15) is 17.5 Å². The van der Waals surface area contributed by atoms with Gasteiger partial charge in [0.15, 0.2) is 5.58 Å². The van der Waals surface area contributed by atoms with Gasteiger partial charge in [-0.2, -0.15) is 0 Å². The molecular formula is C19H17NO4. The molecule has 0 unspecified atom stereocenters. The Morgan fingerprint density at radius 1 is 1.12 bits per heavy atom. The van der Waals surface area contributed by atoms with Crippen LogP contribution < -0.4 is 5.76 Å². The zero-order chi connectivity index (χ0) is 16.9. The molecule has 0 bridgehead atoms. The smallest absolute Gasteiger partial charge is 0.419 e. The quantitative estimate of drug-likeness (QED) is 0.706. The summed E-state index contributed by atoms with van der Waals surface area (Å²) in [5, 5.41) is 8.61. The van der Waals surface area contributed by atoms with Gasteiger partial charge in [-0.15, -0.1) is 0 Å². The number of rotatable bonds is 6. The molecule has 0 saturated carbocycles. The predicted molar refractivity (Wildman–Crippen MR) is 91.9 cm³/mol. The van der Waals surface area contributed by atoms with Gasteiger partial charge in [0.1, 0.15) is 0 Å². The molecule has 0 saturated heterocycles. The SMILES string of the molecule is O=C(O)/C=C\c1ccc(CCCn2c(=O)oc3ccccc32)cc1. The second-order valence-corrected chi connectivity index (χ2v) is 5.50. The lowest BCUT2D eigenvalue weighted by molar-refractivity contribution is -0.131. The molecule has 1 N–H and O–H groups in total. The molecule has 1 heterocycles. The van der Waals surface area contributed by atoms with Crippen LogP contribution in [0.3, 0.4) is 0 Å². The van der Waals surface area contributed by atoms with Crippen molar-refractivity contribution in [3.63, 3.8) is 0 Å². The van der Waals surface area contributed by atoms with Crippen LogP contribution in [-0.4, -0.2) is 15.6 Å². The third-order valence-electron chi connectivity index (χ3n) is 3.82. The number of hydrogen-bond acceptors (Lipinski definition) is 3. The number of carbonyl (C=O) groups is 1. The normalized spacial score (nSPS) is 11.3. The van der Waals surface area contributed by atoms with Crippen LogP contribution >= 0.6 is 0 Å². The highest BCUT2D eigenvalue weighted by molar-refractivity contribution is 5.85. The summed E-state index contributed by atoms with van der Waals surface area (Å²) in [5.74, 6) is -1.29. The molecule has 0 aliphatic rings. The average Bonchev–Trinajstić information content (AvgIpc) is 2.90. The molecule has 0 fully saturated rings. The van der Waals surface area contributed by atoms with Crippen LogP contribution in [0.2, 0.25) is 0 Å². The molecule has 0 aliphatic carbocycles. The first kappa shape index (κ1) is 15.8. The summed E-state index contributed by atoms with van der Waals surface area (Å²) in [4.78, 5) is 22.4. The molecule has 1 aromatic heterocycles. The Bertz CT molecular complexity index is 932. The number of carboxylic acid groups (broad SMARTS) is 1. The standard InChI is InChI=1S/C19H17NO4/c21-18(22)12-11-15-9-7-14(8-10-15)4-3-13-20-16-5-1-2-6-17(16)24-19(20)23/h1-2,5-12H,3-4,13H2,(H,21,22)/b12-11-. The lowest BCUT2D eigenvalue weighted by Gasteiger charge is -2.04. The maximum absolute atomic E-state index is 11.9. The summed E-state index contributed by atoms with van der Waals surface area (Å²) in [6, 6.07) is 15.1. The average molecular weight is 323 g/mol. The van der Waals surface area contributed by atoms with Gasteiger partial charge in [-0.25, -0.2) is 9.59 Å². The Kier molecular flexibility index (Phi) is 4.61. The summed E-state index contributed by atoms with van der Waals surface area (Å²) in [5.41, 5.74) is 3.41. The molecule has 2 aromatic carbocycles. The Morgan fingerprint density at radius 3 is 2.62 bits per heavy atom. The number of aliphatic carboxylic acids is 1. The van der Waals surface area contributed by atoms with Crippen LogP contribution in [0.15, 0.2) is 63.8 Å². The van der Waals surface area contributed by atoms with E-state index < -0.39 is 5.97 Å². The van der Waals surface area contributed by atoms with Gasteiger partial charge in [0.25, 0.3) is 0 Å². The van der Waals surface area contributed by atoms with E-state index in [2.05, 4.69) is 0 Å². The molecule has 122 valence electrons. The third kappa shape index (κ3) is 3.63. The van der Waals surface area contributed by atoms with E-state index in [1.54, 1.807) is 16.7 Å². The fourth-order valence-corrected chi connectivity index (χ4v) is 2.63. The van der Waals surface area contributed by atoms with Gasteiger partial charge in [-0.3, -0.25) is 4.57 Å². The molecule has 0 atom stereocenters. The van der Waals surface area contributed by atoms with Crippen LogP contribution in [0.4, 0.5) is 0 Å². The van der Waals surface area contributed by atoms with Crippen molar-refractivity contribution >= 4 is 23.1 Å². The summed E-state index contributed by atoms with van der Waals surface area (Å²) < 4.78 is 6.87. The van der Waals surface area contributed by atoms with Gasteiger partial charge in [0.2, 0.25) is 0 Å². The first-order chi connectivity index (χ1) is 11.6. The second kappa shape index (κ2) is 7.00. The first-order valence-corrected chi connectivity index (χ1v) is 7.72. The second-order valence-electron chi connectivity index (χ2n) is 5.50. The van der Waals surface area contributed by atoms with Crippen LogP contribution in [-0.2, 0) is 17.8 Å². The van der Waals surface area contributed by atoms with E-state index in [4.69, 9.17) is 9.52 Å². The fourth-order valence-electron chi connectivity index (χ4n) is 2.63. The fraction of sp³-hybridized carbons (Fsp3) is 0.158. The number of para-hydroxylation sites is 2. The van der Waals surface area contributed by atoms with Crippen molar-refractivity contribution in [2.75, 3.05) is 0 Å². The van der Waals surface area contributed by atoms with Crippen molar-refractivity contribution in [3.8, 4) is 0 Å². The van der Waals surface area contributed by atoms with E-state index in [0.29, 0.717) is 12.1 Å². The molecule has 0 amide bonds. The minimum atomic E-state index is -0.961. The van der Waals surface area contributed by atoms with Crippen molar-refractivity contribution in [2.45, 2.75) is 19.4 Å². The van der Waals surface area contributed by atoms with E-state index in [0.717, 1.165) is 35.6 Å². The number of benzene rings is 2. The Labute approximate surface area is 138 Å². The summed E-state index contributed by atoms with van der Waals surface area (Å²) in [7, 11) is 0. The molecular weight excluding hydrogens is 306 g/mol. The number of hydrogen-bond donors (Lipinski definition) is 1. The molecule has 3 rings (SSSR count). The molecule has 3 aromatic rings. The van der Waals surface area contributed by atoms with Crippen molar-refractivity contribution < 1.29 is 14.3 Å². The zero-order valence-corrected chi connectivity index (χ0v) is 13.0. The zero-order valence-electron chi connectivity index (χ0n) is 13.0. The van der Waals surface area contributed by atoms with Gasteiger partial charge >= 0.3 is 11.7 Å². The van der Waals surface area contributed by atoms with Crippen molar-refractivity contribution in [1.82, 2.24) is 4.57 Å². The lowest BCUT2D eigenvalue weighted by atomic mass is 10.1. The van der Waals surface area contributed by atoms with Crippen LogP contribution in [0, 0.1) is 0 Å². The molecule has 5 nitrogen and oxygen atoms in total. The maximum atomic E-state index is 11.9. The Morgan fingerprint density at radius 2 is 1.88 bits per heavy atom. The minimum absolute atomic E-state index is 0.328. The molecule has 0 aliphatic heterocycles. The van der Waals surface area contributed by atoms with E-state index in [-0.39, 0.29) is 5.76 Å². The third-order valence-corrected chi connectivity index (χ3v) is 3.82. The van der Waals surface area contributed by atoms with Gasteiger partial charge in [-0.05, 0) is 42.2 Å². The topological polar surface area (TPSA) is 72.4 Å². The Balaban J connectivity index is 1.63. The minimum Gasteiger partial charge on any atom is -0.478 e. The summed E-state index contributed by atoms with van der Waals surface area (Å²) >= 11 is 0. The maximum Gasteiger partial charge on any atom is 0.419 e. The van der Waals surface area contributed by atoms with E-state index in [1.165, 1.54) is 0 Å². The van der Waals surface area contributed by atoms with E-state index in [9.17, 15) is 9.59 Å². The number of fused-ring (bicyclic) bond motifs is 1. The number of aryl methyl sites for hydroxylation is 2. The molecule has 24 heavy (non-hydrogen) atoms. The van der Waals surface area contributed by atoms with Crippen LogP contribution in [0.25, 0.3) is 17.2 Å². The van der Waals surface area contributed by atoms with Gasteiger partial charge in [-0.1, -0.05) is 36.4 Å². The summed E-state index contributed by atoms with van der Waals surface area (Å²) in [6.45, 7) is 0.594. The van der Waals surface area contributed by atoms with Crippen molar-refractivity contribution in [2.24, 2.45) is 0 Å². The monoisotopic (exact) mass is 323 g/mol. The first-order valence-electron chi connectivity index (χ1n) is 7.72. The predicted octanol–water partition coefficient (Wildman–Crippen LogP) is 3.33. The summed E-state index contributed by atoms with van der Waals surface area (Å²) in [6.07, 6.45) is 4.32. The number of oxazole rings is 1. The van der Waals surface area contributed by atoms with E-state index in [1.807, 2.05) is 42.5 Å². The number of carboxylic acids is 1. The highest BCUT2D eigenvalue weighted by atomic mass is 16.4. The highest BCUT2D eigenvalue weighted by Gasteiger charge is 2.07. The highest BCUT2D eigenvalue weighted by Crippen LogP contribution is 2.13.